The fourth-order valence-corrected chi connectivity index (χ4v) is 11.6. The van der Waals surface area contributed by atoms with E-state index in [1.165, 1.54) is 64.2 Å². The van der Waals surface area contributed by atoms with E-state index in [2.05, 4.69) is 54.6 Å². The van der Waals surface area contributed by atoms with Crippen molar-refractivity contribution in [2.45, 2.75) is 162 Å². The Morgan fingerprint density at radius 3 is 2.38 bits per heavy atom. The molecule has 4 aliphatic carbocycles. The van der Waals surface area contributed by atoms with Crippen LogP contribution in [0.25, 0.3) is 0 Å². The largest absolute Gasteiger partial charge is 0.417 e. The highest BCUT2D eigenvalue weighted by atomic mass is 28.4. The first-order valence-corrected chi connectivity index (χ1v) is 20.3. The molecule has 1 saturated heterocycles. The first kappa shape index (κ1) is 31.5. The van der Waals surface area contributed by atoms with E-state index in [0.29, 0.717) is 40.6 Å². The molecular formula is C35H64O4Si. The SMILES string of the molecule is C[C@H](CCCO[Si](C)(C)C(C)(C)C)[C@H]1CC[C@H]2[C@@H]3[C@@H](O)C[C@H]4C[C@@H](OC5CCCCO5)CC[C@]4(C)[C@H]3CC[C@]12C. The van der Waals surface area contributed by atoms with Crippen LogP contribution in [-0.2, 0) is 13.9 Å². The van der Waals surface area contributed by atoms with Crippen LogP contribution in [0.3, 0.4) is 0 Å². The predicted octanol–water partition coefficient (Wildman–Crippen LogP) is 8.97. The molecule has 1 unspecified atom stereocenters. The molecule has 0 aromatic carbocycles. The Morgan fingerprint density at radius 2 is 1.68 bits per heavy atom. The molecule has 1 aliphatic heterocycles. The van der Waals surface area contributed by atoms with Crippen molar-refractivity contribution in [3.8, 4) is 0 Å². The third-order valence-electron chi connectivity index (χ3n) is 14.0. The number of ether oxygens (including phenoxy) is 2. The van der Waals surface area contributed by atoms with Gasteiger partial charge >= 0.3 is 0 Å². The molecule has 11 atom stereocenters. The van der Waals surface area contributed by atoms with Crippen molar-refractivity contribution in [3.05, 3.63) is 0 Å². The Kier molecular flexibility index (Phi) is 9.34. The van der Waals surface area contributed by atoms with Crippen LogP contribution < -0.4 is 0 Å². The average Bonchev–Trinajstić information content (AvgIpc) is 3.24. The van der Waals surface area contributed by atoms with Crippen molar-refractivity contribution in [3.63, 3.8) is 0 Å². The molecule has 40 heavy (non-hydrogen) atoms. The van der Waals surface area contributed by atoms with E-state index in [4.69, 9.17) is 13.9 Å². The molecule has 5 fully saturated rings. The van der Waals surface area contributed by atoms with E-state index in [0.717, 1.165) is 44.3 Å². The van der Waals surface area contributed by atoms with Crippen LogP contribution in [0.4, 0.5) is 0 Å². The number of rotatable bonds is 8. The van der Waals surface area contributed by atoms with Crippen molar-refractivity contribution in [1.82, 2.24) is 0 Å². The molecule has 0 radical (unpaired) electrons. The number of aliphatic hydroxyl groups excluding tert-OH is 1. The van der Waals surface area contributed by atoms with Crippen molar-refractivity contribution < 1.29 is 19.0 Å². The normalized spacial score (nSPS) is 44.9. The summed E-state index contributed by atoms with van der Waals surface area (Å²) >= 11 is 0. The molecular weight excluding hydrogens is 512 g/mol. The van der Waals surface area contributed by atoms with Crippen LogP contribution in [-0.4, -0.2) is 45.1 Å². The van der Waals surface area contributed by atoms with Gasteiger partial charge in [0.25, 0.3) is 0 Å². The van der Waals surface area contributed by atoms with Gasteiger partial charge in [-0.1, -0.05) is 41.5 Å². The van der Waals surface area contributed by atoms with E-state index in [1.54, 1.807) is 0 Å². The van der Waals surface area contributed by atoms with E-state index in [9.17, 15) is 5.11 Å². The Balaban J connectivity index is 1.19. The summed E-state index contributed by atoms with van der Waals surface area (Å²) in [6.07, 6.45) is 16.0. The highest BCUT2D eigenvalue weighted by molar-refractivity contribution is 6.74. The van der Waals surface area contributed by atoms with Crippen LogP contribution in [0.5, 0.6) is 0 Å². The lowest BCUT2D eigenvalue weighted by atomic mass is 9.43. The second-order valence-electron chi connectivity index (χ2n) is 17.1. The first-order valence-electron chi connectivity index (χ1n) is 17.4. The van der Waals surface area contributed by atoms with Crippen molar-refractivity contribution in [2.24, 2.45) is 46.3 Å². The monoisotopic (exact) mass is 576 g/mol. The van der Waals surface area contributed by atoms with Crippen LogP contribution in [0, 0.1) is 46.3 Å². The quantitative estimate of drug-likeness (QED) is 0.178. The zero-order valence-electron chi connectivity index (χ0n) is 27.5. The van der Waals surface area contributed by atoms with Gasteiger partial charge in [-0.15, -0.1) is 0 Å². The zero-order valence-corrected chi connectivity index (χ0v) is 28.5. The number of hydrogen-bond donors (Lipinski definition) is 1. The Bertz CT molecular complexity index is 849. The van der Waals surface area contributed by atoms with E-state index < -0.39 is 8.32 Å². The maximum Gasteiger partial charge on any atom is 0.191 e. The second-order valence-corrected chi connectivity index (χ2v) is 21.9. The lowest BCUT2D eigenvalue weighted by Crippen LogP contribution is -2.59. The number of fused-ring (bicyclic) bond motifs is 5. The fourth-order valence-electron chi connectivity index (χ4n) is 10.5. The van der Waals surface area contributed by atoms with Crippen LogP contribution in [0.2, 0.25) is 18.1 Å². The molecule has 0 bridgehead atoms. The predicted molar refractivity (Wildman–Crippen MR) is 167 cm³/mol. The topological polar surface area (TPSA) is 47.9 Å². The molecule has 5 heteroatoms. The molecule has 4 nitrogen and oxygen atoms in total. The average molecular weight is 577 g/mol. The van der Waals surface area contributed by atoms with Crippen molar-refractivity contribution in [2.75, 3.05) is 13.2 Å². The number of aliphatic hydroxyl groups is 1. The summed E-state index contributed by atoms with van der Waals surface area (Å²) in [6, 6.07) is 0. The standard InChI is InChI=1S/C35H64O4Si/c1-24(12-11-21-38-40(7,8)33(2,3)4)27-14-15-28-32-29(17-19-35(27,28)6)34(5)18-16-26(22-25(34)23-30(32)36)39-31-13-9-10-20-37-31/h24-32,36H,9-23H2,1-8H3/t24-,25-,26+,27-,28+,29+,30+,31?,32+,34+,35-/m1/s1. The molecule has 0 spiro atoms. The Hall–Kier alpha value is 0.0569. The minimum Gasteiger partial charge on any atom is -0.417 e. The summed E-state index contributed by atoms with van der Waals surface area (Å²) < 4.78 is 18.9. The molecule has 1 N–H and O–H groups in total. The van der Waals surface area contributed by atoms with E-state index in [1.807, 2.05) is 0 Å². The second kappa shape index (κ2) is 11.9. The lowest BCUT2D eigenvalue weighted by molar-refractivity contribution is -0.221. The minimum absolute atomic E-state index is 0.00999. The molecule has 0 aromatic heterocycles. The third kappa shape index (κ3) is 5.91. The maximum atomic E-state index is 11.8. The van der Waals surface area contributed by atoms with Gasteiger partial charge in [0.15, 0.2) is 14.6 Å². The minimum atomic E-state index is -1.66. The van der Waals surface area contributed by atoms with Gasteiger partial charge in [0, 0.05) is 13.2 Å². The summed E-state index contributed by atoms with van der Waals surface area (Å²) in [5.41, 5.74) is 0.757. The summed E-state index contributed by atoms with van der Waals surface area (Å²) in [4.78, 5) is 0. The summed E-state index contributed by atoms with van der Waals surface area (Å²) in [6.45, 7) is 21.3. The van der Waals surface area contributed by atoms with E-state index in [-0.39, 0.29) is 17.4 Å². The van der Waals surface area contributed by atoms with Gasteiger partial charge in [-0.2, -0.15) is 0 Å². The maximum absolute atomic E-state index is 11.8. The summed E-state index contributed by atoms with van der Waals surface area (Å²) in [5, 5.41) is 12.1. The van der Waals surface area contributed by atoms with E-state index >= 15 is 0 Å². The van der Waals surface area contributed by atoms with Crippen LogP contribution >= 0.6 is 0 Å². The molecule has 0 aromatic rings. The summed E-state index contributed by atoms with van der Waals surface area (Å²) in [5.74, 6) is 4.00. The molecule has 0 amide bonds. The van der Waals surface area contributed by atoms with Gasteiger partial charge in [0.05, 0.1) is 12.2 Å². The van der Waals surface area contributed by atoms with Crippen LogP contribution in [0.15, 0.2) is 0 Å². The van der Waals surface area contributed by atoms with Crippen molar-refractivity contribution in [1.29, 1.82) is 0 Å². The van der Waals surface area contributed by atoms with Gasteiger partial charge in [-0.3, -0.25) is 0 Å². The van der Waals surface area contributed by atoms with Gasteiger partial charge in [-0.25, -0.2) is 0 Å². The van der Waals surface area contributed by atoms with Crippen molar-refractivity contribution >= 4 is 8.32 Å². The highest BCUT2D eigenvalue weighted by Gasteiger charge is 2.63. The third-order valence-corrected chi connectivity index (χ3v) is 18.5. The van der Waals surface area contributed by atoms with Gasteiger partial charge in [0.2, 0.25) is 0 Å². The lowest BCUT2D eigenvalue weighted by Gasteiger charge is -2.62. The smallest absolute Gasteiger partial charge is 0.191 e. The Labute approximate surface area is 248 Å². The Morgan fingerprint density at radius 1 is 0.950 bits per heavy atom. The van der Waals surface area contributed by atoms with Gasteiger partial charge < -0.3 is 19.0 Å². The first-order chi connectivity index (χ1) is 18.8. The highest BCUT2D eigenvalue weighted by Crippen LogP contribution is 2.68. The van der Waals surface area contributed by atoms with Crippen LogP contribution in [0.1, 0.15) is 125 Å². The molecule has 4 saturated carbocycles. The molecule has 232 valence electrons. The molecule has 5 rings (SSSR count). The molecule has 5 aliphatic rings. The zero-order chi connectivity index (χ0) is 28.9. The molecule has 1 heterocycles. The number of hydrogen-bond acceptors (Lipinski definition) is 4. The fraction of sp³-hybridized carbons (Fsp3) is 1.00. The summed E-state index contributed by atoms with van der Waals surface area (Å²) in [7, 11) is -1.66. The van der Waals surface area contributed by atoms with Gasteiger partial charge in [-0.05, 0) is 148 Å². The van der Waals surface area contributed by atoms with Gasteiger partial charge in [0.1, 0.15) is 0 Å².